The van der Waals surface area contributed by atoms with Crippen molar-refractivity contribution in [3.05, 3.63) is 0 Å². The molecule has 0 heterocycles. The highest BCUT2D eigenvalue weighted by atomic mass is 16.5. The van der Waals surface area contributed by atoms with Gasteiger partial charge < -0.3 is 15.6 Å². The summed E-state index contributed by atoms with van der Waals surface area (Å²) in [6, 6.07) is 0. The molecular formula is C13H27NO2. The van der Waals surface area contributed by atoms with Gasteiger partial charge in [-0.25, -0.2) is 0 Å². The quantitative estimate of drug-likeness (QED) is 0.731. The van der Waals surface area contributed by atoms with Crippen molar-refractivity contribution in [3.63, 3.8) is 0 Å². The lowest BCUT2D eigenvalue weighted by Crippen LogP contribution is -2.44. The molecular weight excluding hydrogens is 202 g/mol. The van der Waals surface area contributed by atoms with Crippen LogP contribution in [0.25, 0.3) is 0 Å². The van der Waals surface area contributed by atoms with Gasteiger partial charge in [0.05, 0.1) is 12.2 Å². The van der Waals surface area contributed by atoms with E-state index in [-0.39, 0.29) is 0 Å². The maximum absolute atomic E-state index is 10.7. The van der Waals surface area contributed by atoms with Crippen LogP contribution in [0.5, 0.6) is 0 Å². The Morgan fingerprint density at radius 3 is 2.44 bits per heavy atom. The fourth-order valence-corrected chi connectivity index (χ4v) is 2.85. The van der Waals surface area contributed by atoms with Crippen molar-refractivity contribution in [1.82, 2.24) is 0 Å². The first-order valence-corrected chi connectivity index (χ1v) is 6.53. The molecule has 0 radical (unpaired) electrons. The summed E-state index contributed by atoms with van der Waals surface area (Å²) >= 11 is 0. The van der Waals surface area contributed by atoms with E-state index in [0.29, 0.717) is 19.1 Å². The monoisotopic (exact) mass is 229 g/mol. The molecule has 0 spiro atoms. The molecule has 1 saturated carbocycles. The van der Waals surface area contributed by atoms with E-state index in [1.807, 2.05) is 0 Å². The number of rotatable bonds is 6. The van der Waals surface area contributed by atoms with Gasteiger partial charge in [0.1, 0.15) is 0 Å². The van der Waals surface area contributed by atoms with E-state index >= 15 is 0 Å². The van der Waals surface area contributed by atoms with Crippen LogP contribution in [0.1, 0.15) is 45.4 Å². The fourth-order valence-electron chi connectivity index (χ4n) is 2.85. The number of aliphatic hydroxyl groups is 1. The largest absolute Gasteiger partial charge is 0.387 e. The Balaban J connectivity index is 2.53. The smallest absolute Gasteiger partial charge is 0.0908 e. The molecule has 1 fully saturated rings. The van der Waals surface area contributed by atoms with Gasteiger partial charge in [0.25, 0.3) is 0 Å². The summed E-state index contributed by atoms with van der Waals surface area (Å²) in [4.78, 5) is 0. The van der Waals surface area contributed by atoms with Crippen molar-refractivity contribution in [1.29, 1.82) is 0 Å². The van der Waals surface area contributed by atoms with Crippen molar-refractivity contribution < 1.29 is 9.84 Å². The first-order chi connectivity index (χ1) is 7.62. The van der Waals surface area contributed by atoms with Gasteiger partial charge in [-0.1, -0.05) is 19.8 Å². The van der Waals surface area contributed by atoms with E-state index in [4.69, 9.17) is 10.5 Å². The van der Waals surface area contributed by atoms with Crippen LogP contribution in [0.15, 0.2) is 0 Å². The molecule has 16 heavy (non-hydrogen) atoms. The predicted molar refractivity (Wildman–Crippen MR) is 66.2 cm³/mol. The Kier molecular flexibility index (Phi) is 5.73. The van der Waals surface area contributed by atoms with Crippen molar-refractivity contribution in [2.24, 2.45) is 17.6 Å². The third-order valence-electron chi connectivity index (χ3n) is 3.98. The number of methoxy groups -OCH3 is 1. The third-order valence-corrected chi connectivity index (χ3v) is 3.98. The molecule has 0 aromatic heterocycles. The van der Waals surface area contributed by atoms with Crippen molar-refractivity contribution in [2.75, 3.05) is 20.3 Å². The number of nitrogens with two attached hydrogens (primary N) is 1. The Bertz CT molecular complexity index is 190. The van der Waals surface area contributed by atoms with Crippen LogP contribution in [-0.2, 0) is 4.74 Å². The molecule has 1 atom stereocenters. The minimum atomic E-state index is -0.645. The van der Waals surface area contributed by atoms with Crippen molar-refractivity contribution in [2.45, 2.75) is 51.0 Å². The van der Waals surface area contributed by atoms with Gasteiger partial charge in [0.15, 0.2) is 0 Å². The van der Waals surface area contributed by atoms with Crippen LogP contribution in [0, 0.1) is 11.8 Å². The highest BCUT2D eigenvalue weighted by Gasteiger charge is 2.37. The number of hydrogen-bond donors (Lipinski definition) is 2. The average Bonchev–Trinajstić information content (AvgIpc) is 2.27. The van der Waals surface area contributed by atoms with E-state index in [1.54, 1.807) is 7.11 Å². The molecule has 1 rings (SSSR count). The molecule has 0 aliphatic heterocycles. The molecule has 0 bridgehead atoms. The molecule has 0 aromatic carbocycles. The Labute approximate surface area is 99.4 Å². The summed E-state index contributed by atoms with van der Waals surface area (Å²) in [5.41, 5.74) is 4.89. The van der Waals surface area contributed by atoms with Gasteiger partial charge in [0.2, 0.25) is 0 Å². The summed E-state index contributed by atoms with van der Waals surface area (Å²) < 4.78 is 5.19. The van der Waals surface area contributed by atoms with Gasteiger partial charge in [-0.3, -0.25) is 0 Å². The average molecular weight is 229 g/mol. The lowest BCUT2D eigenvalue weighted by molar-refractivity contribution is -0.0924. The zero-order valence-corrected chi connectivity index (χ0v) is 10.7. The highest BCUT2D eigenvalue weighted by molar-refractivity contribution is 4.89. The first kappa shape index (κ1) is 13.9. The summed E-state index contributed by atoms with van der Waals surface area (Å²) in [6.07, 6.45) is 6.39. The molecule has 0 amide bonds. The highest BCUT2D eigenvalue weighted by Crippen LogP contribution is 2.37. The number of ether oxygens (including phenoxy) is 1. The van der Waals surface area contributed by atoms with E-state index in [2.05, 4.69) is 6.92 Å². The van der Waals surface area contributed by atoms with Gasteiger partial charge in [-0.15, -0.1) is 0 Å². The molecule has 0 saturated heterocycles. The van der Waals surface area contributed by atoms with Crippen LogP contribution >= 0.6 is 0 Å². The van der Waals surface area contributed by atoms with E-state index in [0.717, 1.165) is 31.6 Å². The molecule has 3 N–H and O–H groups in total. The maximum atomic E-state index is 10.7. The minimum absolute atomic E-state index is 0.398. The lowest BCUT2D eigenvalue weighted by Gasteiger charge is -2.39. The van der Waals surface area contributed by atoms with Crippen LogP contribution in [0.2, 0.25) is 0 Å². The Morgan fingerprint density at radius 2 is 1.94 bits per heavy atom. The second-order valence-electron chi connectivity index (χ2n) is 5.39. The second kappa shape index (κ2) is 6.58. The fraction of sp³-hybridized carbons (Fsp3) is 1.00. The Morgan fingerprint density at radius 1 is 1.31 bits per heavy atom. The summed E-state index contributed by atoms with van der Waals surface area (Å²) in [7, 11) is 1.67. The van der Waals surface area contributed by atoms with E-state index < -0.39 is 5.60 Å². The second-order valence-corrected chi connectivity index (χ2v) is 5.39. The molecule has 1 aliphatic rings. The van der Waals surface area contributed by atoms with E-state index in [1.165, 1.54) is 12.8 Å². The van der Waals surface area contributed by atoms with Crippen LogP contribution < -0.4 is 5.73 Å². The molecule has 3 heteroatoms. The van der Waals surface area contributed by atoms with Crippen LogP contribution in [0.4, 0.5) is 0 Å². The van der Waals surface area contributed by atoms with Crippen molar-refractivity contribution >= 4 is 0 Å². The van der Waals surface area contributed by atoms with Crippen molar-refractivity contribution in [3.8, 4) is 0 Å². The SMILES string of the molecule is COCC(O)(CCCN)C1CCC(C)CC1. The minimum Gasteiger partial charge on any atom is -0.387 e. The normalized spacial score (nSPS) is 30.0. The third kappa shape index (κ3) is 3.72. The Hall–Kier alpha value is -0.120. The summed E-state index contributed by atoms with van der Waals surface area (Å²) in [5.74, 6) is 1.22. The number of hydrogen-bond acceptors (Lipinski definition) is 3. The zero-order valence-electron chi connectivity index (χ0n) is 10.7. The van der Waals surface area contributed by atoms with Crippen LogP contribution in [0.3, 0.4) is 0 Å². The first-order valence-electron chi connectivity index (χ1n) is 6.53. The summed E-state index contributed by atoms with van der Waals surface area (Å²) in [6.45, 7) is 3.40. The standard InChI is InChI=1S/C13H27NO2/c1-11-4-6-12(7-5-11)13(15,10-16-2)8-3-9-14/h11-12,15H,3-10,14H2,1-2H3. The molecule has 1 unspecified atom stereocenters. The lowest BCUT2D eigenvalue weighted by atomic mass is 9.72. The van der Waals surface area contributed by atoms with Gasteiger partial charge in [-0.2, -0.15) is 0 Å². The topological polar surface area (TPSA) is 55.5 Å². The van der Waals surface area contributed by atoms with Gasteiger partial charge in [0, 0.05) is 7.11 Å². The molecule has 1 aliphatic carbocycles. The van der Waals surface area contributed by atoms with E-state index in [9.17, 15) is 5.11 Å². The molecule has 3 nitrogen and oxygen atoms in total. The predicted octanol–water partition coefficient (Wildman–Crippen LogP) is 1.93. The van der Waals surface area contributed by atoms with Crippen LogP contribution in [-0.4, -0.2) is 31.0 Å². The molecule has 0 aromatic rings. The zero-order chi connectivity index (χ0) is 12.0. The summed E-state index contributed by atoms with van der Waals surface area (Å²) in [5, 5.41) is 10.7. The molecule has 96 valence electrons. The maximum Gasteiger partial charge on any atom is 0.0908 e. The van der Waals surface area contributed by atoms with Gasteiger partial charge >= 0.3 is 0 Å². The van der Waals surface area contributed by atoms with Gasteiger partial charge in [-0.05, 0) is 44.1 Å².